The minimum atomic E-state index is -0.231. The van der Waals surface area contributed by atoms with Gasteiger partial charge in [-0.3, -0.25) is 14.2 Å². The Labute approximate surface area is 150 Å². The number of amides is 1. The van der Waals surface area contributed by atoms with Gasteiger partial charge >= 0.3 is 0 Å². The van der Waals surface area contributed by atoms with Crippen LogP contribution in [0.3, 0.4) is 0 Å². The number of nitrogens with zero attached hydrogens (tertiary/aromatic N) is 2. The van der Waals surface area contributed by atoms with Gasteiger partial charge in [0.2, 0.25) is 5.91 Å². The van der Waals surface area contributed by atoms with Crippen molar-refractivity contribution < 1.29 is 4.79 Å². The van der Waals surface area contributed by atoms with Crippen molar-refractivity contribution in [2.75, 3.05) is 5.32 Å². The summed E-state index contributed by atoms with van der Waals surface area (Å²) >= 11 is 1.53. The molecule has 6 heteroatoms. The summed E-state index contributed by atoms with van der Waals surface area (Å²) in [6.07, 6.45) is 0.868. The lowest BCUT2D eigenvalue weighted by atomic mass is 10.1. The predicted octanol–water partition coefficient (Wildman–Crippen LogP) is 3.58. The van der Waals surface area contributed by atoms with Crippen molar-refractivity contribution in [2.24, 2.45) is 0 Å². The van der Waals surface area contributed by atoms with Gasteiger partial charge < -0.3 is 5.32 Å². The molecule has 2 heterocycles. The number of aromatic nitrogens is 2. The summed E-state index contributed by atoms with van der Waals surface area (Å²) < 4.78 is 1.44. The number of benzene rings is 1. The molecule has 0 fully saturated rings. The van der Waals surface area contributed by atoms with Gasteiger partial charge in [0, 0.05) is 10.6 Å². The Kier molecular flexibility index (Phi) is 4.72. The Bertz CT molecular complexity index is 1020. The minimum absolute atomic E-state index is 0.0434. The molecule has 1 aromatic carbocycles. The largest absolute Gasteiger partial charge is 0.324 e. The highest BCUT2D eigenvalue weighted by Gasteiger charge is 2.14. The average Bonchev–Trinajstić information content (AvgIpc) is 2.99. The number of anilines is 1. The van der Waals surface area contributed by atoms with Crippen LogP contribution in [0.1, 0.15) is 28.8 Å². The summed E-state index contributed by atoms with van der Waals surface area (Å²) in [6.45, 7) is 7.73. The van der Waals surface area contributed by atoms with E-state index in [9.17, 15) is 9.59 Å². The summed E-state index contributed by atoms with van der Waals surface area (Å²) in [4.78, 5) is 31.5. The van der Waals surface area contributed by atoms with Crippen molar-refractivity contribution in [1.82, 2.24) is 9.55 Å². The SMILES string of the molecule is CCc1cc2c(=O)n(CC(=O)Nc3cccc(C)c3C)c(C)nc2s1. The van der Waals surface area contributed by atoms with Gasteiger partial charge in [0.1, 0.15) is 17.2 Å². The number of hydrogen-bond donors (Lipinski definition) is 1. The van der Waals surface area contributed by atoms with Crippen LogP contribution in [0.5, 0.6) is 0 Å². The Hall–Kier alpha value is -2.47. The molecule has 2 aromatic heterocycles. The van der Waals surface area contributed by atoms with E-state index in [1.54, 1.807) is 6.92 Å². The molecule has 3 aromatic rings. The number of carbonyl (C=O) groups is 1. The number of fused-ring (bicyclic) bond motifs is 1. The van der Waals surface area contributed by atoms with E-state index in [-0.39, 0.29) is 18.0 Å². The fourth-order valence-electron chi connectivity index (χ4n) is 2.75. The normalized spacial score (nSPS) is 11.0. The third-order valence-electron chi connectivity index (χ3n) is 4.42. The van der Waals surface area contributed by atoms with Gasteiger partial charge in [-0.15, -0.1) is 11.3 Å². The molecule has 3 rings (SSSR count). The molecule has 0 spiro atoms. The molecular weight excluding hydrogens is 334 g/mol. The monoisotopic (exact) mass is 355 g/mol. The summed E-state index contributed by atoms with van der Waals surface area (Å²) in [5.41, 5.74) is 2.75. The summed E-state index contributed by atoms with van der Waals surface area (Å²) in [5, 5.41) is 3.48. The zero-order valence-corrected chi connectivity index (χ0v) is 15.7. The highest BCUT2D eigenvalue weighted by atomic mass is 32.1. The van der Waals surface area contributed by atoms with Crippen LogP contribution in [0.2, 0.25) is 0 Å². The number of thiophene rings is 1. The second kappa shape index (κ2) is 6.80. The fraction of sp³-hybridized carbons (Fsp3) is 0.316. The van der Waals surface area contributed by atoms with E-state index in [1.165, 1.54) is 15.9 Å². The third-order valence-corrected chi connectivity index (χ3v) is 5.60. The van der Waals surface area contributed by atoms with E-state index < -0.39 is 0 Å². The molecule has 1 N–H and O–H groups in total. The van der Waals surface area contributed by atoms with Crippen molar-refractivity contribution in [3.63, 3.8) is 0 Å². The lowest BCUT2D eigenvalue weighted by Crippen LogP contribution is -2.30. The molecular formula is C19H21N3O2S. The molecule has 0 atom stereocenters. The highest BCUT2D eigenvalue weighted by Crippen LogP contribution is 2.22. The van der Waals surface area contributed by atoms with Gasteiger partial charge in [0.15, 0.2) is 0 Å². The van der Waals surface area contributed by atoms with Crippen LogP contribution in [0.25, 0.3) is 10.2 Å². The van der Waals surface area contributed by atoms with Gasteiger partial charge in [-0.2, -0.15) is 0 Å². The summed E-state index contributed by atoms with van der Waals surface area (Å²) in [7, 11) is 0. The first-order valence-electron chi connectivity index (χ1n) is 8.26. The number of rotatable bonds is 4. The zero-order chi connectivity index (χ0) is 18.1. The summed E-state index contributed by atoms with van der Waals surface area (Å²) in [6, 6.07) is 7.65. The van der Waals surface area contributed by atoms with E-state index in [0.29, 0.717) is 11.2 Å². The molecule has 0 radical (unpaired) electrons. The first-order chi connectivity index (χ1) is 11.9. The Balaban J connectivity index is 1.90. The van der Waals surface area contributed by atoms with Crippen LogP contribution >= 0.6 is 11.3 Å². The van der Waals surface area contributed by atoms with Crippen LogP contribution in [-0.4, -0.2) is 15.5 Å². The number of carbonyl (C=O) groups excluding carboxylic acids is 1. The molecule has 0 aliphatic carbocycles. The quantitative estimate of drug-likeness (QED) is 0.778. The van der Waals surface area contributed by atoms with Crippen molar-refractivity contribution >= 4 is 33.1 Å². The zero-order valence-electron chi connectivity index (χ0n) is 14.8. The molecule has 0 unspecified atom stereocenters. The maximum atomic E-state index is 12.7. The van der Waals surface area contributed by atoms with E-state index in [2.05, 4.69) is 10.3 Å². The maximum Gasteiger partial charge on any atom is 0.262 e. The van der Waals surface area contributed by atoms with Gasteiger partial charge in [-0.25, -0.2) is 4.98 Å². The maximum absolute atomic E-state index is 12.7. The van der Waals surface area contributed by atoms with Gasteiger partial charge in [-0.1, -0.05) is 19.1 Å². The van der Waals surface area contributed by atoms with E-state index in [4.69, 9.17) is 0 Å². The highest BCUT2D eigenvalue weighted by molar-refractivity contribution is 7.18. The molecule has 0 aliphatic heterocycles. The van der Waals surface area contributed by atoms with Crippen LogP contribution in [0, 0.1) is 20.8 Å². The molecule has 0 saturated carbocycles. The van der Waals surface area contributed by atoms with Crippen molar-refractivity contribution in [2.45, 2.75) is 40.7 Å². The Morgan fingerprint density at radius 2 is 2.04 bits per heavy atom. The lowest BCUT2D eigenvalue weighted by Gasteiger charge is -2.12. The molecule has 0 aliphatic rings. The third kappa shape index (κ3) is 3.35. The molecule has 25 heavy (non-hydrogen) atoms. The van der Waals surface area contributed by atoms with Crippen molar-refractivity contribution in [1.29, 1.82) is 0 Å². The van der Waals surface area contributed by atoms with Gasteiger partial charge in [-0.05, 0) is 50.5 Å². The molecule has 5 nitrogen and oxygen atoms in total. The van der Waals surface area contributed by atoms with Crippen LogP contribution in [0.15, 0.2) is 29.1 Å². The van der Waals surface area contributed by atoms with Crippen LogP contribution in [-0.2, 0) is 17.8 Å². The van der Waals surface area contributed by atoms with E-state index >= 15 is 0 Å². The van der Waals surface area contributed by atoms with E-state index in [1.807, 2.05) is 45.0 Å². The number of aryl methyl sites for hydroxylation is 3. The average molecular weight is 355 g/mol. The van der Waals surface area contributed by atoms with Crippen molar-refractivity contribution in [3.8, 4) is 0 Å². The molecule has 130 valence electrons. The molecule has 1 amide bonds. The second-order valence-electron chi connectivity index (χ2n) is 6.13. The Morgan fingerprint density at radius 1 is 1.28 bits per heavy atom. The van der Waals surface area contributed by atoms with Gasteiger partial charge in [0.05, 0.1) is 5.39 Å². The summed E-state index contributed by atoms with van der Waals surface area (Å²) in [5.74, 6) is 0.323. The first-order valence-corrected chi connectivity index (χ1v) is 9.08. The van der Waals surface area contributed by atoms with Crippen LogP contribution in [0.4, 0.5) is 5.69 Å². The second-order valence-corrected chi connectivity index (χ2v) is 7.25. The standard InChI is InChI=1S/C19H21N3O2S/c1-5-14-9-15-18(25-14)20-13(4)22(19(15)24)10-17(23)21-16-8-6-7-11(2)12(16)3/h6-9H,5,10H2,1-4H3,(H,21,23). The van der Waals surface area contributed by atoms with Crippen molar-refractivity contribution in [3.05, 3.63) is 56.4 Å². The molecule has 0 bridgehead atoms. The first kappa shape index (κ1) is 17.4. The van der Waals surface area contributed by atoms with Crippen LogP contribution < -0.4 is 10.9 Å². The molecule has 0 saturated heterocycles. The van der Waals surface area contributed by atoms with Gasteiger partial charge in [0.25, 0.3) is 5.56 Å². The Morgan fingerprint density at radius 3 is 2.76 bits per heavy atom. The minimum Gasteiger partial charge on any atom is -0.324 e. The topological polar surface area (TPSA) is 64.0 Å². The predicted molar refractivity (Wildman–Crippen MR) is 103 cm³/mol. The lowest BCUT2D eigenvalue weighted by molar-refractivity contribution is -0.116. The fourth-order valence-corrected chi connectivity index (χ4v) is 3.75. The number of hydrogen-bond acceptors (Lipinski definition) is 4. The number of nitrogens with one attached hydrogen (secondary N) is 1. The van der Waals surface area contributed by atoms with E-state index in [0.717, 1.165) is 32.9 Å². The smallest absolute Gasteiger partial charge is 0.262 e.